The maximum atomic E-state index is 5.90. The van der Waals surface area contributed by atoms with E-state index in [0.717, 1.165) is 11.4 Å². The highest BCUT2D eigenvalue weighted by Gasteiger charge is 2.00. The number of hydrogen-bond donors (Lipinski definition) is 0. The number of benzene rings is 1. The van der Waals surface area contributed by atoms with Crippen LogP contribution in [0.15, 0.2) is 42.6 Å². The van der Waals surface area contributed by atoms with E-state index in [9.17, 15) is 0 Å². The Morgan fingerprint density at radius 3 is 2.50 bits per heavy atom. The highest BCUT2D eigenvalue weighted by Crippen LogP contribution is 2.22. The van der Waals surface area contributed by atoms with Crippen LogP contribution in [-0.2, 0) is 6.42 Å². The van der Waals surface area contributed by atoms with Crippen LogP contribution in [0, 0.1) is 0 Å². The van der Waals surface area contributed by atoms with Gasteiger partial charge in [-0.3, -0.25) is 4.98 Å². The molecule has 0 fully saturated rings. The van der Waals surface area contributed by atoms with E-state index in [1.807, 2.05) is 36.5 Å². The van der Waals surface area contributed by atoms with Gasteiger partial charge >= 0.3 is 0 Å². The maximum Gasteiger partial charge on any atom is 0.0409 e. The van der Waals surface area contributed by atoms with Crippen LogP contribution >= 0.6 is 11.6 Å². The number of nitrogens with zero attached hydrogens (tertiary/aromatic N) is 1. The van der Waals surface area contributed by atoms with E-state index in [4.69, 9.17) is 11.6 Å². The summed E-state index contributed by atoms with van der Waals surface area (Å²) in [6.45, 7) is 2.22. The van der Waals surface area contributed by atoms with Crippen LogP contribution in [0.1, 0.15) is 31.9 Å². The van der Waals surface area contributed by atoms with E-state index in [1.54, 1.807) is 0 Å². The first-order valence-electron chi connectivity index (χ1n) is 6.50. The van der Waals surface area contributed by atoms with Crippen molar-refractivity contribution in [3.05, 3.63) is 53.3 Å². The lowest BCUT2D eigenvalue weighted by molar-refractivity contribution is 0.707. The van der Waals surface area contributed by atoms with Gasteiger partial charge in [-0.25, -0.2) is 0 Å². The van der Waals surface area contributed by atoms with Crippen LogP contribution in [0.5, 0.6) is 0 Å². The van der Waals surface area contributed by atoms with Gasteiger partial charge in [0.2, 0.25) is 0 Å². The minimum absolute atomic E-state index is 0.774. The number of rotatable bonds is 5. The topological polar surface area (TPSA) is 12.9 Å². The third kappa shape index (κ3) is 3.58. The van der Waals surface area contributed by atoms with Gasteiger partial charge in [0.05, 0.1) is 0 Å². The van der Waals surface area contributed by atoms with Gasteiger partial charge in [0, 0.05) is 16.9 Å². The molecule has 0 N–H and O–H groups in total. The average molecular weight is 260 g/mol. The van der Waals surface area contributed by atoms with E-state index in [0.29, 0.717) is 0 Å². The first-order valence-corrected chi connectivity index (χ1v) is 6.88. The number of pyridine rings is 1. The summed E-state index contributed by atoms with van der Waals surface area (Å²) in [5, 5.41) is 0.774. The van der Waals surface area contributed by atoms with Crippen molar-refractivity contribution in [3.8, 4) is 11.1 Å². The number of aromatic nitrogens is 1. The Hall–Kier alpha value is -1.34. The zero-order valence-electron chi connectivity index (χ0n) is 10.7. The van der Waals surface area contributed by atoms with E-state index < -0.39 is 0 Å². The van der Waals surface area contributed by atoms with Gasteiger partial charge in [-0.2, -0.15) is 0 Å². The zero-order valence-corrected chi connectivity index (χ0v) is 11.5. The molecule has 0 spiro atoms. The first-order chi connectivity index (χ1) is 8.79. The van der Waals surface area contributed by atoms with Gasteiger partial charge in [0.25, 0.3) is 0 Å². The van der Waals surface area contributed by atoms with Crippen LogP contribution in [0.25, 0.3) is 11.1 Å². The number of aryl methyl sites for hydroxylation is 1. The fourth-order valence-corrected chi connectivity index (χ4v) is 2.12. The second-order valence-corrected chi connectivity index (χ2v) is 4.94. The molecule has 2 rings (SSSR count). The number of unbranched alkanes of at least 4 members (excludes halogenated alkanes) is 2. The Labute approximate surface area is 114 Å². The molecule has 1 aromatic carbocycles. The van der Waals surface area contributed by atoms with Crippen molar-refractivity contribution in [1.29, 1.82) is 0 Å². The lowest BCUT2D eigenvalue weighted by Crippen LogP contribution is -1.90. The van der Waals surface area contributed by atoms with Crippen LogP contribution in [0.3, 0.4) is 0 Å². The van der Waals surface area contributed by atoms with Crippen LogP contribution < -0.4 is 0 Å². The molecule has 0 aliphatic rings. The van der Waals surface area contributed by atoms with Crippen molar-refractivity contribution in [2.24, 2.45) is 0 Å². The zero-order chi connectivity index (χ0) is 12.8. The Morgan fingerprint density at radius 1 is 1.00 bits per heavy atom. The molecule has 0 unspecified atom stereocenters. The summed E-state index contributed by atoms with van der Waals surface area (Å²) in [6.07, 6.45) is 6.69. The van der Waals surface area contributed by atoms with Gasteiger partial charge < -0.3 is 0 Å². The van der Waals surface area contributed by atoms with Crippen molar-refractivity contribution in [2.75, 3.05) is 0 Å². The minimum Gasteiger partial charge on any atom is -0.261 e. The lowest BCUT2D eigenvalue weighted by Gasteiger charge is -2.05. The summed E-state index contributed by atoms with van der Waals surface area (Å²) in [4.78, 5) is 4.43. The molecular formula is C16H18ClN. The van der Waals surface area contributed by atoms with E-state index in [2.05, 4.69) is 18.0 Å². The van der Waals surface area contributed by atoms with E-state index in [-0.39, 0.29) is 0 Å². The van der Waals surface area contributed by atoms with E-state index >= 15 is 0 Å². The molecule has 2 heteroatoms. The van der Waals surface area contributed by atoms with Crippen LogP contribution in [0.2, 0.25) is 5.02 Å². The fraction of sp³-hybridized carbons (Fsp3) is 0.312. The van der Waals surface area contributed by atoms with E-state index in [1.165, 1.54) is 36.1 Å². The number of halogens is 1. The highest BCUT2D eigenvalue weighted by atomic mass is 35.5. The van der Waals surface area contributed by atoms with Gasteiger partial charge in [0.1, 0.15) is 0 Å². The molecule has 0 aliphatic carbocycles. The summed E-state index contributed by atoms with van der Waals surface area (Å²) in [6, 6.07) is 12.2. The Kier molecular flexibility index (Phi) is 4.77. The Bertz CT molecular complexity index is 491. The second kappa shape index (κ2) is 6.55. The SMILES string of the molecule is CCCCCc1cc(-c2ccc(Cl)cc2)ccn1. The normalized spacial score (nSPS) is 10.6. The van der Waals surface area contributed by atoms with Crippen molar-refractivity contribution in [1.82, 2.24) is 4.98 Å². The molecule has 0 aliphatic heterocycles. The third-order valence-electron chi connectivity index (χ3n) is 3.03. The molecular weight excluding hydrogens is 242 g/mol. The molecule has 18 heavy (non-hydrogen) atoms. The monoisotopic (exact) mass is 259 g/mol. The summed E-state index contributed by atoms with van der Waals surface area (Å²) in [5.41, 5.74) is 3.59. The predicted molar refractivity (Wildman–Crippen MR) is 77.9 cm³/mol. The van der Waals surface area contributed by atoms with Crippen LogP contribution in [0.4, 0.5) is 0 Å². The molecule has 0 bridgehead atoms. The largest absolute Gasteiger partial charge is 0.261 e. The molecule has 1 nitrogen and oxygen atoms in total. The Morgan fingerprint density at radius 2 is 1.78 bits per heavy atom. The van der Waals surface area contributed by atoms with Crippen LogP contribution in [-0.4, -0.2) is 4.98 Å². The quantitative estimate of drug-likeness (QED) is 0.678. The molecule has 1 aromatic heterocycles. The van der Waals surface area contributed by atoms with Gasteiger partial charge in [0.15, 0.2) is 0 Å². The van der Waals surface area contributed by atoms with Crippen molar-refractivity contribution < 1.29 is 0 Å². The summed E-state index contributed by atoms with van der Waals surface area (Å²) in [7, 11) is 0. The lowest BCUT2D eigenvalue weighted by atomic mass is 10.0. The predicted octanol–water partition coefficient (Wildman–Crippen LogP) is 5.13. The summed E-state index contributed by atoms with van der Waals surface area (Å²) >= 11 is 5.90. The second-order valence-electron chi connectivity index (χ2n) is 4.50. The molecule has 1 heterocycles. The molecule has 0 saturated carbocycles. The standard InChI is InChI=1S/C16H18ClN/c1-2-3-4-5-16-12-14(10-11-18-16)13-6-8-15(17)9-7-13/h6-12H,2-5H2,1H3. The van der Waals surface area contributed by atoms with Crippen molar-refractivity contribution in [3.63, 3.8) is 0 Å². The smallest absolute Gasteiger partial charge is 0.0409 e. The van der Waals surface area contributed by atoms with Gasteiger partial charge in [-0.15, -0.1) is 0 Å². The van der Waals surface area contributed by atoms with Crippen molar-refractivity contribution in [2.45, 2.75) is 32.6 Å². The molecule has 2 aromatic rings. The van der Waals surface area contributed by atoms with Gasteiger partial charge in [-0.1, -0.05) is 43.5 Å². The molecule has 0 saturated heterocycles. The highest BCUT2D eigenvalue weighted by molar-refractivity contribution is 6.30. The molecule has 0 atom stereocenters. The summed E-state index contributed by atoms with van der Waals surface area (Å²) < 4.78 is 0. The third-order valence-corrected chi connectivity index (χ3v) is 3.28. The first kappa shape index (κ1) is 13.1. The van der Waals surface area contributed by atoms with Gasteiger partial charge in [-0.05, 0) is 48.2 Å². The average Bonchev–Trinajstić information content (AvgIpc) is 2.40. The maximum absolute atomic E-state index is 5.90. The molecule has 0 amide bonds. The molecule has 0 radical (unpaired) electrons. The molecule has 94 valence electrons. The number of hydrogen-bond acceptors (Lipinski definition) is 1. The Balaban J connectivity index is 2.13. The minimum atomic E-state index is 0.774. The summed E-state index contributed by atoms with van der Waals surface area (Å²) in [5.74, 6) is 0. The van der Waals surface area contributed by atoms with Crippen molar-refractivity contribution >= 4 is 11.6 Å². The fourth-order valence-electron chi connectivity index (χ4n) is 1.99.